The van der Waals surface area contributed by atoms with Gasteiger partial charge in [-0.1, -0.05) is 13.8 Å². The summed E-state index contributed by atoms with van der Waals surface area (Å²) in [7, 11) is -7.10. The Morgan fingerprint density at radius 3 is 2.33 bits per heavy atom. The maximum Gasteiger partial charge on any atom is 0.238 e. The van der Waals surface area contributed by atoms with Crippen LogP contribution in [0.2, 0.25) is 0 Å². The van der Waals surface area contributed by atoms with E-state index in [0.717, 1.165) is 0 Å². The number of anilines is 1. The third kappa shape index (κ3) is 3.50. The monoisotopic (exact) mass is 412 g/mol. The van der Waals surface area contributed by atoms with E-state index in [2.05, 4.69) is 4.72 Å². The first kappa shape index (κ1) is 19.9. The van der Waals surface area contributed by atoms with Gasteiger partial charge in [-0.2, -0.15) is 0 Å². The molecule has 0 bridgehead atoms. The van der Waals surface area contributed by atoms with Gasteiger partial charge in [0, 0.05) is 28.8 Å². The summed E-state index contributed by atoms with van der Waals surface area (Å²) < 4.78 is 53.0. The molecule has 1 aliphatic carbocycles. The van der Waals surface area contributed by atoms with Crippen molar-refractivity contribution in [1.82, 2.24) is 3.97 Å². The minimum Gasteiger partial charge on any atom is -0.294 e. The van der Waals surface area contributed by atoms with Crippen molar-refractivity contribution >= 4 is 42.4 Å². The second kappa shape index (κ2) is 6.34. The van der Waals surface area contributed by atoms with Crippen LogP contribution in [-0.2, 0) is 26.5 Å². The van der Waals surface area contributed by atoms with Crippen LogP contribution in [-0.4, -0.2) is 38.1 Å². The minimum atomic E-state index is -3.62. The van der Waals surface area contributed by atoms with Gasteiger partial charge in [0.1, 0.15) is 0 Å². The summed E-state index contributed by atoms with van der Waals surface area (Å²) >= 11 is 0. The molecule has 0 saturated carbocycles. The highest BCUT2D eigenvalue weighted by Gasteiger charge is 2.37. The van der Waals surface area contributed by atoms with Crippen LogP contribution in [0.15, 0.2) is 18.2 Å². The number of ketones is 1. The second-order valence-electron chi connectivity index (χ2n) is 7.67. The molecule has 1 heterocycles. The van der Waals surface area contributed by atoms with Crippen molar-refractivity contribution < 1.29 is 21.6 Å². The normalized spacial score (nSPS) is 17.1. The van der Waals surface area contributed by atoms with Crippen molar-refractivity contribution in [3.63, 3.8) is 0 Å². The van der Waals surface area contributed by atoms with E-state index in [1.807, 2.05) is 13.8 Å². The van der Waals surface area contributed by atoms with Crippen LogP contribution >= 0.6 is 0 Å². The van der Waals surface area contributed by atoms with Gasteiger partial charge in [-0.15, -0.1) is 0 Å². The molecule has 27 heavy (non-hydrogen) atoms. The van der Waals surface area contributed by atoms with Gasteiger partial charge < -0.3 is 0 Å². The Balaban J connectivity index is 2.34. The first-order valence-corrected chi connectivity index (χ1v) is 12.1. The maximum atomic E-state index is 12.8. The lowest BCUT2D eigenvalue weighted by Gasteiger charge is -2.29. The van der Waals surface area contributed by atoms with Crippen molar-refractivity contribution in [3.8, 4) is 0 Å². The minimum absolute atomic E-state index is 0.0819. The van der Waals surface area contributed by atoms with E-state index < -0.39 is 20.0 Å². The summed E-state index contributed by atoms with van der Waals surface area (Å²) in [6.07, 6.45) is 0.772. The molecule has 1 aromatic carbocycles. The third-order valence-corrected chi connectivity index (χ3v) is 7.89. The predicted octanol–water partition coefficient (Wildman–Crippen LogP) is 2.76. The number of hydrogen-bond acceptors (Lipinski definition) is 5. The fraction of sp³-hybridized carbons (Fsp3) is 0.500. The van der Waals surface area contributed by atoms with Crippen molar-refractivity contribution in [3.05, 3.63) is 29.5 Å². The molecule has 9 heteroatoms. The zero-order valence-corrected chi connectivity index (χ0v) is 17.5. The zero-order valence-electron chi connectivity index (χ0n) is 15.9. The van der Waals surface area contributed by atoms with E-state index >= 15 is 0 Å². The summed E-state index contributed by atoms with van der Waals surface area (Å²) in [6, 6.07) is 4.65. The van der Waals surface area contributed by atoms with E-state index in [1.54, 1.807) is 19.1 Å². The Bertz CT molecular complexity index is 1140. The quantitative estimate of drug-likeness (QED) is 0.813. The van der Waals surface area contributed by atoms with Crippen molar-refractivity contribution in [2.45, 2.75) is 40.5 Å². The number of Topliss-reactive ketones (excluding diaryl/α,β-unsaturated/α-hetero) is 1. The molecule has 3 rings (SSSR count). The standard InChI is InChI=1S/C18H24N2O5S2/c1-5-26(22,23)19-12-7-8-14-13(9-12)17-15(20(14)27(24,25)6-2)10-18(3,4)11-16(17)21/h7-9,19H,5-6,10-11H2,1-4H3. The van der Waals surface area contributed by atoms with Crippen LogP contribution in [0.3, 0.4) is 0 Å². The molecule has 1 N–H and O–H groups in total. The van der Waals surface area contributed by atoms with Crippen LogP contribution in [0, 0.1) is 5.41 Å². The van der Waals surface area contributed by atoms with Gasteiger partial charge in [-0.25, -0.2) is 20.8 Å². The number of carbonyl (C=O) groups excluding carboxylic acids is 1. The van der Waals surface area contributed by atoms with Gasteiger partial charge in [0.25, 0.3) is 0 Å². The molecule has 1 aliphatic rings. The SMILES string of the molecule is CCS(=O)(=O)Nc1ccc2c(c1)c1c(n2S(=O)(=O)CC)CC(C)(C)CC1=O. The largest absolute Gasteiger partial charge is 0.294 e. The number of fused-ring (bicyclic) bond motifs is 3. The van der Waals surface area contributed by atoms with Crippen LogP contribution in [0.4, 0.5) is 5.69 Å². The Morgan fingerprint density at radius 1 is 1.07 bits per heavy atom. The zero-order chi connectivity index (χ0) is 20.2. The van der Waals surface area contributed by atoms with Gasteiger partial charge in [0.15, 0.2) is 5.78 Å². The molecule has 0 aliphatic heterocycles. The second-order valence-corrected chi connectivity index (χ2v) is 11.8. The van der Waals surface area contributed by atoms with Crippen molar-refractivity contribution in [2.24, 2.45) is 5.41 Å². The molecule has 0 fully saturated rings. The summed E-state index contributed by atoms with van der Waals surface area (Å²) in [5, 5.41) is 0.471. The van der Waals surface area contributed by atoms with Gasteiger partial charge >= 0.3 is 0 Å². The smallest absolute Gasteiger partial charge is 0.238 e. The molecule has 1 aromatic heterocycles. The number of sulfonamides is 1. The molecule has 2 aromatic rings. The van der Waals surface area contributed by atoms with Crippen molar-refractivity contribution in [2.75, 3.05) is 16.2 Å². The average molecular weight is 413 g/mol. The number of nitrogens with one attached hydrogen (secondary N) is 1. The Kier molecular flexibility index (Phi) is 4.67. The molecule has 0 amide bonds. The summed E-state index contributed by atoms with van der Waals surface area (Å²) in [6.45, 7) is 6.97. The van der Waals surface area contributed by atoms with E-state index in [9.17, 15) is 21.6 Å². The number of hydrogen-bond donors (Lipinski definition) is 1. The number of benzene rings is 1. The lowest BCUT2D eigenvalue weighted by atomic mass is 9.76. The number of aromatic nitrogens is 1. The molecule has 148 valence electrons. The first-order chi connectivity index (χ1) is 12.4. The fourth-order valence-electron chi connectivity index (χ4n) is 3.59. The lowest BCUT2D eigenvalue weighted by Crippen LogP contribution is -2.30. The fourth-order valence-corrected chi connectivity index (χ4v) is 5.43. The molecule has 0 atom stereocenters. The summed E-state index contributed by atoms with van der Waals surface area (Å²) in [5.41, 5.74) is 1.26. The molecular formula is C18H24N2O5S2. The predicted molar refractivity (Wildman–Crippen MR) is 106 cm³/mol. The molecule has 0 unspecified atom stereocenters. The van der Waals surface area contributed by atoms with Gasteiger partial charge in [-0.05, 0) is 43.9 Å². The van der Waals surface area contributed by atoms with Crippen LogP contribution < -0.4 is 4.72 Å². The molecule has 0 spiro atoms. The molecule has 0 saturated heterocycles. The van der Waals surface area contributed by atoms with Crippen LogP contribution in [0.25, 0.3) is 10.9 Å². The maximum absolute atomic E-state index is 12.8. The third-order valence-electron chi connectivity index (χ3n) is 4.88. The molecule has 0 radical (unpaired) electrons. The van der Waals surface area contributed by atoms with E-state index in [0.29, 0.717) is 40.7 Å². The number of rotatable bonds is 5. The first-order valence-electron chi connectivity index (χ1n) is 8.85. The topological polar surface area (TPSA) is 102 Å². The van der Waals surface area contributed by atoms with Gasteiger partial charge in [0.2, 0.25) is 20.0 Å². The average Bonchev–Trinajstić information content (AvgIpc) is 2.87. The summed E-state index contributed by atoms with van der Waals surface area (Å²) in [5.74, 6) is -0.296. The number of nitrogens with zero attached hydrogens (tertiary/aromatic N) is 1. The highest BCUT2D eigenvalue weighted by atomic mass is 32.2. The van der Waals surface area contributed by atoms with E-state index in [4.69, 9.17) is 0 Å². The Morgan fingerprint density at radius 2 is 1.74 bits per heavy atom. The van der Waals surface area contributed by atoms with Crippen LogP contribution in [0.1, 0.15) is 50.2 Å². The molecule has 7 nitrogen and oxygen atoms in total. The highest BCUT2D eigenvalue weighted by Crippen LogP contribution is 2.41. The van der Waals surface area contributed by atoms with E-state index in [-0.39, 0.29) is 22.7 Å². The van der Waals surface area contributed by atoms with E-state index in [1.165, 1.54) is 17.0 Å². The highest BCUT2D eigenvalue weighted by molar-refractivity contribution is 7.92. The lowest BCUT2D eigenvalue weighted by molar-refractivity contribution is 0.0913. The van der Waals surface area contributed by atoms with Gasteiger partial charge in [-0.3, -0.25) is 9.52 Å². The van der Waals surface area contributed by atoms with Crippen molar-refractivity contribution in [1.29, 1.82) is 0 Å². The Hall–Kier alpha value is -1.87. The number of carbonyl (C=O) groups is 1. The van der Waals surface area contributed by atoms with Crippen LogP contribution in [0.5, 0.6) is 0 Å². The van der Waals surface area contributed by atoms with Gasteiger partial charge in [0.05, 0.1) is 17.0 Å². The summed E-state index contributed by atoms with van der Waals surface area (Å²) in [4.78, 5) is 12.8. The Labute approximate surface area is 159 Å². The molecular weight excluding hydrogens is 388 g/mol.